The van der Waals surface area contributed by atoms with Crippen LogP contribution in [0, 0.1) is 5.92 Å². The SMILES string of the molecule is O=C(N[C@H]1c2ccccc2C[C@H]1O)[C@@H](Cc1ccccc1)C[C@H](O)CN1CCN(Cc2ccc(-c3ccc(Cl)cn3)o2)C[C@H]1C(=O)NCC(F)(F)F. The van der Waals surface area contributed by atoms with Crippen LogP contribution < -0.4 is 10.6 Å². The van der Waals surface area contributed by atoms with Crippen molar-refractivity contribution in [1.29, 1.82) is 0 Å². The lowest BCUT2D eigenvalue weighted by Gasteiger charge is -2.41. The number of hydrogen-bond donors (Lipinski definition) is 4. The van der Waals surface area contributed by atoms with E-state index in [2.05, 4.69) is 10.3 Å². The van der Waals surface area contributed by atoms with E-state index < -0.39 is 48.8 Å². The van der Waals surface area contributed by atoms with Crippen molar-refractivity contribution in [1.82, 2.24) is 25.4 Å². The number of piperazine rings is 1. The van der Waals surface area contributed by atoms with Gasteiger partial charge in [0.2, 0.25) is 11.8 Å². The summed E-state index contributed by atoms with van der Waals surface area (Å²) < 4.78 is 45.3. The zero-order valence-corrected chi connectivity index (χ0v) is 29.1. The first-order chi connectivity index (χ1) is 24.9. The van der Waals surface area contributed by atoms with Gasteiger partial charge in [-0.1, -0.05) is 66.2 Å². The molecule has 1 aliphatic carbocycles. The van der Waals surface area contributed by atoms with Gasteiger partial charge in [-0.3, -0.25) is 24.4 Å². The highest BCUT2D eigenvalue weighted by atomic mass is 35.5. The molecule has 0 unspecified atom stereocenters. The average Bonchev–Trinajstić information content (AvgIpc) is 3.71. The van der Waals surface area contributed by atoms with Crippen molar-refractivity contribution in [3.05, 3.63) is 113 Å². The van der Waals surface area contributed by atoms with Crippen molar-refractivity contribution in [3.8, 4) is 11.5 Å². The van der Waals surface area contributed by atoms with Crippen LogP contribution in [0.15, 0.2) is 89.5 Å². The van der Waals surface area contributed by atoms with Gasteiger partial charge < -0.3 is 25.3 Å². The highest BCUT2D eigenvalue weighted by Crippen LogP contribution is 2.32. The Kier molecular flexibility index (Phi) is 12.0. The molecule has 0 radical (unpaired) electrons. The first kappa shape index (κ1) is 37.5. The molecule has 0 saturated carbocycles. The fraction of sp³-hybridized carbons (Fsp3) is 0.395. The predicted octanol–water partition coefficient (Wildman–Crippen LogP) is 4.54. The Balaban J connectivity index is 1.14. The number of nitrogens with one attached hydrogen (secondary N) is 2. The number of halogens is 4. The van der Waals surface area contributed by atoms with Crippen molar-refractivity contribution in [2.45, 2.75) is 56.3 Å². The summed E-state index contributed by atoms with van der Waals surface area (Å²) >= 11 is 5.94. The van der Waals surface area contributed by atoms with E-state index >= 15 is 0 Å². The molecule has 5 atom stereocenters. The molecule has 4 N–H and O–H groups in total. The summed E-state index contributed by atoms with van der Waals surface area (Å²) in [5, 5.41) is 27.7. The van der Waals surface area contributed by atoms with Crippen LogP contribution in [0.4, 0.5) is 13.2 Å². The summed E-state index contributed by atoms with van der Waals surface area (Å²) in [6.45, 7) is -0.435. The fourth-order valence-electron chi connectivity index (χ4n) is 7.01. The Morgan fingerprint density at radius 2 is 1.79 bits per heavy atom. The first-order valence-corrected chi connectivity index (χ1v) is 17.6. The Hall–Kier alpha value is -4.27. The smallest absolute Gasteiger partial charge is 0.405 e. The van der Waals surface area contributed by atoms with Gasteiger partial charge in [0.25, 0.3) is 0 Å². The number of nitrogens with zero attached hydrogens (tertiary/aromatic N) is 3. The van der Waals surface area contributed by atoms with E-state index in [9.17, 15) is 33.0 Å². The molecule has 1 fully saturated rings. The standard InChI is InChI=1S/C38H41ClF3N5O5/c39-27-10-12-31(43-19-27)34-13-11-29(52-34)21-46-14-15-47(32(22-46)37(51)44-23-38(40,41)42)20-28(48)17-26(16-24-6-2-1-3-7-24)36(50)45-35-30-9-5-4-8-25(30)18-33(35)49/h1-13,19,26,28,32-33,35,48-49H,14-18,20-23H2,(H,44,51)(H,45,50)/t26-,28-,32-,33+,35-/m0/s1. The lowest BCUT2D eigenvalue weighted by Crippen LogP contribution is -2.60. The molecule has 4 aromatic rings. The largest absolute Gasteiger partial charge is 0.458 e. The topological polar surface area (TPSA) is 131 Å². The van der Waals surface area contributed by atoms with E-state index in [4.69, 9.17) is 16.0 Å². The van der Waals surface area contributed by atoms with Crippen LogP contribution in [0.3, 0.4) is 0 Å². The molecule has 1 aliphatic heterocycles. The van der Waals surface area contributed by atoms with Crippen LogP contribution in [-0.2, 0) is 29.0 Å². The first-order valence-electron chi connectivity index (χ1n) is 17.2. The number of benzene rings is 2. The number of furan rings is 1. The van der Waals surface area contributed by atoms with Crippen molar-refractivity contribution in [2.75, 3.05) is 32.7 Å². The minimum Gasteiger partial charge on any atom is -0.458 e. The number of carbonyl (C=O) groups is 2. The van der Waals surface area contributed by atoms with Crippen molar-refractivity contribution >= 4 is 23.4 Å². The summed E-state index contributed by atoms with van der Waals surface area (Å²) in [5.41, 5.74) is 3.27. The summed E-state index contributed by atoms with van der Waals surface area (Å²) in [4.78, 5) is 34.9. The molecular formula is C38H41ClF3N5O5. The van der Waals surface area contributed by atoms with Gasteiger partial charge in [-0.2, -0.15) is 13.2 Å². The maximum absolute atomic E-state index is 13.8. The van der Waals surface area contributed by atoms with E-state index in [0.717, 1.165) is 16.7 Å². The number of aliphatic hydroxyl groups is 2. The molecule has 1 saturated heterocycles. The Bertz CT molecular complexity index is 1810. The third-order valence-electron chi connectivity index (χ3n) is 9.56. The van der Waals surface area contributed by atoms with Crippen LogP contribution in [-0.4, -0.2) is 94.0 Å². The number of carbonyl (C=O) groups excluding carboxylic acids is 2. The molecule has 2 aromatic heterocycles. The lowest BCUT2D eigenvalue weighted by atomic mass is 9.91. The van der Waals surface area contributed by atoms with Crippen LogP contribution in [0.2, 0.25) is 5.02 Å². The fourth-order valence-corrected chi connectivity index (χ4v) is 7.12. The Labute approximate surface area is 304 Å². The molecule has 0 bridgehead atoms. The molecule has 14 heteroatoms. The number of aliphatic hydroxyl groups excluding tert-OH is 2. The van der Waals surface area contributed by atoms with E-state index in [1.165, 1.54) is 6.20 Å². The zero-order valence-electron chi connectivity index (χ0n) is 28.3. The molecule has 2 aliphatic rings. The van der Waals surface area contributed by atoms with Gasteiger partial charge in [-0.25, -0.2) is 0 Å². The number of β-amino-alcohol motifs (C(OH)–C–C–N with tert-alkyl or cyclic N) is 1. The average molecular weight is 740 g/mol. The van der Waals surface area contributed by atoms with Gasteiger partial charge in [0, 0.05) is 44.7 Å². The quantitative estimate of drug-likeness (QED) is 0.157. The highest BCUT2D eigenvalue weighted by Gasteiger charge is 2.38. The minimum absolute atomic E-state index is 0.0240. The maximum atomic E-state index is 13.8. The van der Waals surface area contributed by atoms with Crippen molar-refractivity contribution in [3.63, 3.8) is 0 Å². The number of alkyl halides is 3. The second-order valence-corrected chi connectivity index (χ2v) is 13.9. The third-order valence-corrected chi connectivity index (χ3v) is 9.78. The molecule has 10 nitrogen and oxygen atoms in total. The second kappa shape index (κ2) is 16.6. The molecule has 6 rings (SSSR count). The number of hydrogen-bond acceptors (Lipinski definition) is 8. The van der Waals surface area contributed by atoms with Crippen molar-refractivity contribution in [2.24, 2.45) is 5.92 Å². The van der Waals surface area contributed by atoms with Crippen LogP contribution in [0.25, 0.3) is 11.5 Å². The van der Waals surface area contributed by atoms with Gasteiger partial charge in [0.05, 0.1) is 29.8 Å². The van der Waals surface area contributed by atoms with Gasteiger partial charge in [0.1, 0.15) is 24.0 Å². The van der Waals surface area contributed by atoms with E-state index in [1.54, 1.807) is 29.2 Å². The predicted molar refractivity (Wildman–Crippen MR) is 188 cm³/mol. The Morgan fingerprint density at radius 1 is 1.02 bits per heavy atom. The van der Waals surface area contributed by atoms with E-state index in [0.29, 0.717) is 48.2 Å². The molecule has 276 valence electrons. The molecule has 2 aromatic carbocycles. The van der Waals surface area contributed by atoms with Crippen LogP contribution in [0.1, 0.15) is 34.9 Å². The Morgan fingerprint density at radius 3 is 2.54 bits per heavy atom. The number of amides is 2. The second-order valence-electron chi connectivity index (χ2n) is 13.4. The van der Waals surface area contributed by atoms with Crippen LogP contribution >= 0.6 is 11.6 Å². The molecule has 0 spiro atoms. The molecule has 2 amide bonds. The highest BCUT2D eigenvalue weighted by molar-refractivity contribution is 6.30. The number of fused-ring (bicyclic) bond motifs is 1. The lowest BCUT2D eigenvalue weighted by molar-refractivity contribution is -0.143. The third kappa shape index (κ3) is 9.78. The van der Waals surface area contributed by atoms with Gasteiger partial charge >= 0.3 is 6.18 Å². The summed E-state index contributed by atoms with van der Waals surface area (Å²) in [6, 6.07) is 22.3. The van der Waals surface area contributed by atoms with E-state index in [-0.39, 0.29) is 32.0 Å². The van der Waals surface area contributed by atoms with Gasteiger partial charge in [-0.05, 0) is 53.8 Å². The number of pyridine rings is 1. The molecular weight excluding hydrogens is 699 g/mol. The normalized spacial score (nSPS) is 20.6. The van der Waals surface area contributed by atoms with Crippen LogP contribution in [0.5, 0.6) is 0 Å². The summed E-state index contributed by atoms with van der Waals surface area (Å²) in [6.07, 6.45) is -4.23. The monoisotopic (exact) mass is 739 g/mol. The molecule has 3 heterocycles. The van der Waals surface area contributed by atoms with Crippen molar-refractivity contribution < 1.29 is 37.4 Å². The number of aromatic nitrogens is 1. The molecule has 52 heavy (non-hydrogen) atoms. The zero-order chi connectivity index (χ0) is 36.8. The van der Waals surface area contributed by atoms with Gasteiger partial charge in [0.15, 0.2) is 5.76 Å². The summed E-state index contributed by atoms with van der Waals surface area (Å²) in [7, 11) is 0. The van der Waals surface area contributed by atoms with Gasteiger partial charge in [-0.15, -0.1) is 0 Å². The van der Waals surface area contributed by atoms with E-state index in [1.807, 2.05) is 64.8 Å². The minimum atomic E-state index is -4.60. The number of rotatable bonds is 13. The summed E-state index contributed by atoms with van der Waals surface area (Å²) in [5.74, 6) is -0.737. The maximum Gasteiger partial charge on any atom is 0.405 e.